The summed E-state index contributed by atoms with van der Waals surface area (Å²) in [6.07, 6.45) is -1.36. The van der Waals surface area contributed by atoms with E-state index in [1.54, 1.807) is 12.1 Å². The van der Waals surface area contributed by atoms with Crippen LogP contribution in [-0.4, -0.2) is 43.6 Å². The standard InChI is InChI=1S/C23H58Si6/c1-21(2,3)28(22(4,5)6,23(7,8)9)27(19-20-27)29(24(10,11)12,25(13,14)15)26(16,17)18/h19-20H2,1-18H3. The maximum atomic E-state index is 2.87. The molecule has 0 spiro atoms. The molecule has 1 aliphatic rings. The van der Waals surface area contributed by atoms with E-state index in [1.165, 1.54) is 0 Å². The molecule has 0 bridgehead atoms. The van der Waals surface area contributed by atoms with Crippen LogP contribution >= 0.6 is 0 Å². The molecule has 174 valence electrons. The van der Waals surface area contributed by atoms with E-state index in [0.29, 0.717) is 15.1 Å². The molecule has 0 saturated carbocycles. The van der Waals surface area contributed by atoms with E-state index >= 15 is 0 Å². The Morgan fingerprint density at radius 3 is 0.759 bits per heavy atom. The minimum atomic E-state index is -1.68. The Hall–Kier alpha value is 1.30. The lowest BCUT2D eigenvalue weighted by Crippen LogP contribution is -2.97. The van der Waals surface area contributed by atoms with Crippen molar-refractivity contribution in [3.05, 3.63) is 0 Å². The van der Waals surface area contributed by atoms with Crippen molar-refractivity contribution in [3.8, 4) is 0 Å². The molecule has 0 aromatic carbocycles. The van der Waals surface area contributed by atoms with Gasteiger partial charge in [0.25, 0.3) is 0 Å². The highest BCUT2D eigenvalue weighted by Crippen LogP contribution is 2.74. The molecule has 0 N–H and O–H groups in total. The summed E-state index contributed by atoms with van der Waals surface area (Å²) in [5.74, 6) is 0. The summed E-state index contributed by atoms with van der Waals surface area (Å²) < 4.78 is 0. The third-order valence-electron chi connectivity index (χ3n) is 8.94. The summed E-state index contributed by atoms with van der Waals surface area (Å²) in [7, 11) is -6.84. The third kappa shape index (κ3) is 3.56. The Bertz CT molecular complexity index is 481. The lowest BCUT2D eigenvalue weighted by molar-refractivity contribution is 0.554. The molecule has 0 amide bonds. The number of hydrogen-bond donors (Lipinski definition) is 0. The fourth-order valence-electron chi connectivity index (χ4n) is 12.2. The smallest absolute Gasteiger partial charge is 0.0604 e. The monoisotopic (exact) mass is 502 g/mol. The lowest BCUT2D eigenvalue weighted by atomic mass is 10.2. The molecule has 1 aliphatic heterocycles. The van der Waals surface area contributed by atoms with E-state index in [1.807, 2.05) is 0 Å². The summed E-state index contributed by atoms with van der Waals surface area (Å²) in [6, 6.07) is 3.44. The summed E-state index contributed by atoms with van der Waals surface area (Å²) in [4.78, 5) is 0. The normalized spacial score (nSPS) is 20.1. The molecule has 0 radical (unpaired) electrons. The van der Waals surface area contributed by atoms with Crippen LogP contribution in [0.4, 0.5) is 0 Å². The molecule has 0 aromatic rings. The van der Waals surface area contributed by atoms with E-state index in [-0.39, 0.29) is 0 Å². The molecule has 29 heavy (non-hydrogen) atoms. The fraction of sp³-hybridized carbons (Fsp3) is 1.00. The molecule has 6 heteroatoms. The average molecular weight is 503 g/mol. The van der Waals surface area contributed by atoms with Crippen LogP contribution < -0.4 is 0 Å². The van der Waals surface area contributed by atoms with Crippen LogP contribution in [-0.2, 0) is 0 Å². The van der Waals surface area contributed by atoms with E-state index in [2.05, 4.69) is 121 Å². The van der Waals surface area contributed by atoms with Crippen molar-refractivity contribution < 1.29 is 0 Å². The quantitative estimate of drug-likeness (QED) is 0.328. The predicted octanol–water partition coefficient (Wildman–Crippen LogP) is 9.15. The first-order valence-corrected chi connectivity index (χ1v) is 34.1. The molecule has 1 heterocycles. The molecule has 0 aliphatic carbocycles. The van der Waals surface area contributed by atoms with Gasteiger partial charge in [0, 0.05) is 36.0 Å². The second kappa shape index (κ2) is 7.15. The van der Waals surface area contributed by atoms with Crippen molar-refractivity contribution >= 4 is 43.6 Å². The lowest BCUT2D eigenvalue weighted by Gasteiger charge is -2.73. The van der Waals surface area contributed by atoms with Gasteiger partial charge in [0.05, 0.1) is 7.59 Å². The Balaban J connectivity index is 4.41. The maximum Gasteiger partial charge on any atom is 0.0604 e. The van der Waals surface area contributed by atoms with Crippen molar-refractivity contribution in [2.75, 3.05) is 0 Å². The van der Waals surface area contributed by atoms with Gasteiger partial charge in [-0.05, 0) is 15.1 Å². The Morgan fingerprint density at radius 2 is 0.655 bits per heavy atom. The van der Waals surface area contributed by atoms with Gasteiger partial charge in [0.1, 0.15) is 0 Å². The van der Waals surface area contributed by atoms with Gasteiger partial charge in [-0.2, -0.15) is 0 Å². The topological polar surface area (TPSA) is 0 Å². The van der Waals surface area contributed by atoms with Gasteiger partial charge in [-0.1, -0.05) is 133 Å². The largest absolute Gasteiger partial charge is 0.0720 e. The highest BCUT2D eigenvalue weighted by atomic mass is 30.2. The van der Waals surface area contributed by atoms with Crippen LogP contribution in [0.5, 0.6) is 0 Å². The molecule has 1 rings (SSSR count). The molecule has 0 aromatic heterocycles. The van der Waals surface area contributed by atoms with Crippen molar-refractivity contribution in [1.29, 1.82) is 0 Å². The van der Waals surface area contributed by atoms with Gasteiger partial charge >= 0.3 is 0 Å². The van der Waals surface area contributed by atoms with Crippen LogP contribution in [0.3, 0.4) is 0 Å². The number of rotatable bonds is 5. The zero-order valence-electron chi connectivity index (χ0n) is 23.9. The van der Waals surface area contributed by atoms with E-state index in [4.69, 9.17) is 0 Å². The van der Waals surface area contributed by atoms with Gasteiger partial charge in [0.2, 0.25) is 0 Å². The predicted molar refractivity (Wildman–Crippen MR) is 156 cm³/mol. The highest BCUT2D eigenvalue weighted by Gasteiger charge is 2.86. The molecule has 1 saturated heterocycles. The SMILES string of the molecule is CC(C)(C)[Si](C(C)(C)C)(C(C)(C)C)[Si]1([Si]([Si](C)(C)C)([Si](C)(C)C)[Si](C)(C)C)CC1. The minimum Gasteiger partial charge on any atom is -0.0720 e. The third-order valence-corrected chi connectivity index (χ3v) is 153. The van der Waals surface area contributed by atoms with Crippen LogP contribution in [0.25, 0.3) is 0 Å². The summed E-state index contributed by atoms with van der Waals surface area (Å²) >= 11 is 0. The van der Waals surface area contributed by atoms with Crippen molar-refractivity contribution in [2.24, 2.45) is 0 Å². The summed E-state index contributed by atoms with van der Waals surface area (Å²) in [6.45, 7) is 50.2. The molecule has 0 atom stereocenters. The van der Waals surface area contributed by atoms with E-state index < -0.39 is 43.6 Å². The zero-order chi connectivity index (χ0) is 23.9. The first-order valence-electron chi connectivity index (χ1n) is 12.2. The van der Waals surface area contributed by atoms with Gasteiger partial charge in [-0.15, -0.1) is 0 Å². The van der Waals surface area contributed by atoms with Crippen molar-refractivity contribution in [3.63, 3.8) is 0 Å². The zero-order valence-corrected chi connectivity index (χ0v) is 29.9. The molecule has 1 fully saturated rings. The van der Waals surface area contributed by atoms with Crippen LogP contribution in [0.1, 0.15) is 62.3 Å². The summed E-state index contributed by atoms with van der Waals surface area (Å²) in [5, 5.41) is 1.47. The maximum absolute atomic E-state index is 2.87. The highest BCUT2D eigenvalue weighted by molar-refractivity contribution is 8.14. The summed E-state index contributed by atoms with van der Waals surface area (Å²) in [5.41, 5.74) is 0. The second-order valence-corrected chi connectivity index (χ2v) is 81.7. The van der Waals surface area contributed by atoms with Gasteiger partial charge in [0.15, 0.2) is 0 Å². The van der Waals surface area contributed by atoms with Gasteiger partial charge in [-0.25, -0.2) is 0 Å². The van der Waals surface area contributed by atoms with Crippen molar-refractivity contribution in [1.82, 2.24) is 0 Å². The van der Waals surface area contributed by atoms with Crippen LogP contribution in [0, 0.1) is 0 Å². The van der Waals surface area contributed by atoms with E-state index in [9.17, 15) is 0 Å². The molecular formula is C23H58Si6. The molecule has 0 unspecified atom stereocenters. The minimum absolute atomic E-state index is 0.490. The van der Waals surface area contributed by atoms with Crippen LogP contribution in [0.2, 0.25) is 86.1 Å². The molecule has 0 nitrogen and oxygen atoms in total. The number of hydrogen-bond acceptors (Lipinski definition) is 0. The molecular weight excluding hydrogens is 445 g/mol. The second-order valence-electron chi connectivity index (χ2n) is 16.6. The first kappa shape index (κ1) is 28.3. The Labute approximate surface area is 191 Å². The van der Waals surface area contributed by atoms with Crippen molar-refractivity contribution in [2.45, 2.75) is 148 Å². The Kier molecular flexibility index (Phi) is 6.98. The first-order chi connectivity index (χ1) is 12.2. The van der Waals surface area contributed by atoms with Crippen LogP contribution in [0.15, 0.2) is 0 Å². The van der Waals surface area contributed by atoms with Gasteiger partial charge in [-0.3, -0.25) is 0 Å². The average Bonchev–Trinajstić information content (AvgIpc) is 2.97. The van der Waals surface area contributed by atoms with E-state index in [0.717, 1.165) is 0 Å². The fourth-order valence-corrected chi connectivity index (χ4v) is 259. The Morgan fingerprint density at radius 1 is 0.448 bits per heavy atom. The van der Waals surface area contributed by atoms with Gasteiger partial charge < -0.3 is 0 Å².